The summed E-state index contributed by atoms with van der Waals surface area (Å²) in [5.74, 6) is 0.586. The van der Waals surface area contributed by atoms with Gasteiger partial charge in [-0.1, -0.05) is 12.1 Å². The molecule has 1 heterocycles. The van der Waals surface area contributed by atoms with Crippen LogP contribution in [0.5, 0.6) is 0 Å². The van der Waals surface area contributed by atoms with Crippen molar-refractivity contribution in [2.24, 2.45) is 0 Å². The van der Waals surface area contributed by atoms with Crippen molar-refractivity contribution in [3.63, 3.8) is 0 Å². The monoisotopic (exact) mass is 376 g/mol. The van der Waals surface area contributed by atoms with E-state index >= 15 is 0 Å². The number of rotatable bonds is 9. The Hall–Kier alpha value is -0.700. The molecule has 8 heteroatoms. The first-order valence-corrected chi connectivity index (χ1v) is 10.2. The number of morpholine rings is 1. The summed E-state index contributed by atoms with van der Waals surface area (Å²) in [7, 11) is -3.61. The summed E-state index contributed by atoms with van der Waals surface area (Å²) in [6.45, 7) is 3.24. The lowest BCUT2D eigenvalue weighted by Crippen LogP contribution is -2.44. The molecule has 1 aliphatic heterocycles. The number of sulfonamides is 1. The third kappa shape index (κ3) is 6.31. The zero-order valence-electron chi connectivity index (χ0n) is 13.7. The molecule has 136 valence electrons. The van der Waals surface area contributed by atoms with Crippen molar-refractivity contribution in [2.45, 2.75) is 23.8 Å². The Morgan fingerprint density at radius 2 is 1.92 bits per heavy atom. The Balaban J connectivity index is 1.83. The standard InChI is InChI=1S/C16H25ClN2O4S/c17-7-1-2-14-3-5-16(6-4-14)24(21,22)18-12-15(20)13-19-8-10-23-11-9-19/h3-6,15,18,20H,1-2,7-13H2/t15-/m0/s1. The largest absolute Gasteiger partial charge is 0.390 e. The number of halogens is 1. The van der Waals surface area contributed by atoms with E-state index in [1.807, 2.05) is 0 Å². The maximum Gasteiger partial charge on any atom is 0.240 e. The molecule has 0 spiro atoms. The molecule has 2 rings (SSSR count). The van der Waals surface area contributed by atoms with Crippen molar-refractivity contribution >= 4 is 21.6 Å². The maximum atomic E-state index is 12.3. The molecule has 0 radical (unpaired) electrons. The van der Waals surface area contributed by atoms with Gasteiger partial charge in [0, 0.05) is 32.1 Å². The number of nitrogens with zero attached hydrogens (tertiary/aromatic N) is 1. The smallest absolute Gasteiger partial charge is 0.240 e. The molecule has 1 fully saturated rings. The second-order valence-corrected chi connectivity index (χ2v) is 8.00. The molecule has 1 aromatic rings. The SMILES string of the molecule is O=S(=O)(NC[C@H](O)CN1CCOCC1)c1ccc(CCCCl)cc1. The molecule has 2 N–H and O–H groups in total. The first-order chi connectivity index (χ1) is 11.5. The first kappa shape index (κ1) is 19.6. The Labute approximate surface area is 148 Å². The van der Waals surface area contributed by atoms with Gasteiger partial charge < -0.3 is 9.84 Å². The van der Waals surface area contributed by atoms with Gasteiger partial charge >= 0.3 is 0 Å². The van der Waals surface area contributed by atoms with E-state index in [0.29, 0.717) is 25.6 Å². The lowest BCUT2D eigenvalue weighted by atomic mass is 10.1. The number of aryl methyl sites for hydroxylation is 1. The summed E-state index contributed by atoms with van der Waals surface area (Å²) in [6.07, 6.45) is 0.940. The van der Waals surface area contributed by atoms with Crippen molar-refractivity contribution in [2.75, 3.05) is 45.3 Å². The summed E-state index contributed by atoms with van der Waals surface area (Å²) in [5.41, 5.74) is 1.06. The molecule has 0 aromatic heterocycles. The zero-order valence-corrected chi connectivity index (χ0v) is 15.2. The van der Waals surface area contributed by atoms with Gasteiger partial charge in [-0.25, -0.2) is 13.1 Å². The van der Waals surface area contributed by atoms with E-state index in [2.05, 4.69) is 9.62 Å². The number of hydrogen-bond donors (Lipinski definition) is 2. The highest BCUT2D eigenvalue weighted by molar-refractivity contribution is 7.89. The van der Waals surface area contributed by atoms with Crippen LogP contribution in [0, 0.1) is 0 Å². The van der Waals surface area contributed by atoms with Crippen LogP contribution in [-0.2, 0) is 21.2 Å². The lowest BCUT2D eigenvalue weighted by molar-refractivity contribution is 0.0158. The van der Waals surface area contributed by atoms with E-state index in [-0.39, 0.29) is 11.4 Å². The second kappa shape index (κ2) is 9.70. The molecule has 6 nitrogen and oxygen atoms in total. The number of benzene rings is 1. The average molecular weight is 377 g/mol. The summed E-state index contributed by atoms with van der Waals surface area (Å²) in [5, 5.41) is 10.0. The Kier molecular flexibility index (Phi) is 7.93. The lowest BCUT2D eigenvalue weighted by Gasteiger charge is -2.28. The molecule has 1 saturated heterocycles. The van der Waals surface area contributed by atoms with Gasteiger partial charge in [-0.2, -0.15) is 0 Å². The first-order valence-electron chi connectivity index (χ1n) is 8.14. The fourth-order valence-electron chi connectivity index (χ4n) is 2.54. The van der Waals surface area contributed by atoms with Crippen LogP contribution in [0.15, 0.2) is 29.2 Å². The van der Waals surface area contributed by atoms with Gasteiger partial charge in [0.25, 0.3) is 0 Å². The molecular formula is C16H25ClN2O4S. The van der Waals surface area contributed by atoms with Gasteiger partial charge in [-0.05, 0) is 30.5 Å². The highest BCUT2D eigenvalue weighted by Gasteiger charge is 2.18. The van der Waals surface area contributed by atoms with Gasteiger partial charge in [0.1, 0.15) is 0 Å². The number of aliphatic hydroxyl groups excluding tert-OH is 1. The predicted octanol–water partition coefficient (Wildman–Crippen LogP) is 0.829. The molecule has 24 heavy (non-hydrogen) atoms. The molecule has 1 atom stereocenters. The molecule has 1 aromatic carbocycles. The normalized spacial score (nSPS) is 17.8. The van der Waals surface area contributed by atoms with Gasteiger partial charge in [0.2, 0.25) is 10.0 Å². The maximum absolute atomic E-state index is 12.3. The van der Waals surface area contributed by atoms with Crippen LogP contribution in [-0.4, -0.2) is 69.8 Å². The Morgan fingerprint density at radius 1 is 1.25 bits per heavy atom. The summed E-state index contributed by atoms with van der Waals surface area (Å²) in [4.78, 5) is 2.27. The average Bonchev–Trinajstić information content (AvgIpc) is 2.59. The zero-order chi connectivity index (χ0) is 17.4. The van der Waals surface area contributed by atoms with Crippen LogP contribution in [0.3, 0.4) is 0 Å². The van der Waals surface area contributed by atoms with E-state index < -0.39 is 16.1 Å². The van der Waals surface area contributed by atoms with Crippen molar-refractivity contribution < 1.29 is 18.3 Å². The van der Waals surface area contributed by atoms with Crippen molar-refractivity contribution in [3.05, 3.63) is 29.8 Å². The minimum absolute atomic E-state index is 0.00626. The fourth-order valence-corrected chi connectivity index (χ4v) is 3.75. The molecule has 1 aliphatic rings. The quantitative estimate of drug-likeness (QED) is 0.624. The molecule has 0 amide bonds. The molecular weight excluding hydrogens is 352 g/mol. The van der Waals surface area contributed by atoms with Gasteiger partial charge in [0.15, 0.2) is 0 Å². The third-order valence-corrected chi connectivity index (χ3v) is 5.62. The van der Waals surface area contributed by atoms with Crippen LogP contribution in [0.4, 0.5) is 0 Å². The van der Waals surface area contributed by atoms with E-state index in [4.69, 9.17) is 16.3 Å². The number of ether oxygens (including phenoxy) is 1. The van der Waals surface area contributed by atoms with E-state index in [0.717, 1.165) is 31.5 Å². The highest BCUT2D eigenvalue weighted by Crippen LogP contribution is 2.12. The minimum Gasteiger partial charge on any atom is -0.390 e. The molecule has 0 aliphatic carbocycles. The van der Waals surface area contributed by atoms with Crippen LogP contribution in [0.1, 0.15) is 12.0 Å². The second-order valence-electron chi connectivity index (χ2n) is 5.86. The molecule has 0 saturated carbocycles. The summed E-state index contributed by atoms with van der Waals surface area (Å²) < 4.78 is 32.3. The number of β-amino-alcohol motifs (C(OH)–C–C–N with tert-alkyl or cyclic N) is 1. The Morgan fingerprint density at radius 3 is 2.54 bits per heavy atom. The van der Waals surface area contributed by atoms with Crippen LogP contribution in [0.2, 0.25) is 0 Å². The van der Waals surface area contributed by atoms with Crippen molar-refractivity contribution in [1.29, 1.82) is 0 Å². The Bertz CT molecular complexity index is 589. The number of hydrogen-bond acceptors (Lipinski definition) is 5. The minimum atomic E-state index is -3.61. The number of nitrogens with one attached hydrogen (secondary N) is 1. The van der Waals surface area contributed by atoms with Crippen LogP contribution >= 0.6 is 11.6 Å². The summed E-state index contributed by atoms with van der Waals surface area (Å²) >= 11 is 5.66. The van der Waals surface area contributed by atoms with Crippen molar-refractivity contribution in [3.8, 4) is 0 Å². The molecule has 0 unspecified atom stereocenters. The third-order valence-electron chi connectivity index (χ3n) is 3.91. The topological polar surface area (TPSA) is 78.9 Å². The van der Waals surface area contributed by atoms with E-state index in [1.54, 1.807) is 24.3 Å². The predicted molar refractivity (Wildman–Crippen MR) is 93.9 cm³/mol. The molecule has 0 bridgehead atoms. The van der Waals surface area contributed by atoms with Crippen molar-refractivity contribution in [1.82, 2.24) is 9.62 Å². The number of aliphatic hydroxyl groups is 1. The van der Waals surface area contributed by atoms with Gasteiger partial charge in [-0.3, -0.25) is 4.90 Å². The van der Waals surface area contributed by atoms with E-state index in [9.17, 15) is 13.5 Å². The highest BCUT2D eigenvalue weighted by atomic mass is 35.5. The van der Waals surface area contributed by atoms with E-state index in [1.165, 1.54) is 0 Å². The summed E-state index contributed by atoms with van der Waals surface area (Å²) in [6, 6.07) is 6.76. The van der Waals surface area contributed by atoms with Gasteiger partial charge in [0.05, 0.1) is 24.2 Å². The fraction of sp³-hybridized carbons (Fsp3) is 0.625. The van der Waals surface area contributed by atoms with Gasteiger partial charge in [-0.15, -0.1) is 11.6 Å². The van der Waals surface area contributed by atoms with Crippen LogP contribution in [0.25, 0.3) is 0 Å². The van der Waals surface area contributed by atoms with Crippen LogP contribution < -0.4 is 4.72 Å². The number of alkyl halides is 1.